The third-order valence-corrected chi connectivity index (χ3v) is 6.33. The standard InChI is InChI=1S/C24H26N6O3/c1-16-12-23(32)30-21(26-16)13-20(27-30)17-6-4-10-28(14-17)22(31)9-5-11-29-15-25-19-8-3-2-7-18(19)24(29)33/h2-3,7-8,12-13,15,17,27H,4-6,9-11,14H2,1H3. The van der Waals surface area contributed by atoms with Crippen LogP contribution in [0.25, 0.3) is 16.6 Å². The van der Waals surface area contributed by atoms with Gasteiger partial charge in [-0.05, 0) is 38.3 Å². The number of likely N-dealkylation sites (tertiary alicyclic amines) is 1. The number of nitrogens with zero attached hydrogens (tertiary/aromatic N) is 5. The highest BCUT2D eigenvalue weighted by atomic mass is 16.2. The quantitative estimate of drug-likeness (QED) is 0.506. The van der Waals surface area contributed by atoms with Crippen molar-refractivity contribution >= 4 is 22.5 Å². The lowest BCUT2D eigenvalue weighted by Gasteiger charge is -2.32. The summed E-state index contributed by atoms with van der Waals surface area (Å²) < 4.78 is 3.03. The van der Waals surface area contributed by atoms with E-state index < -0.39 is 0 Å². The Labute approximate surface area is 189 Å². The van der Waals surface area contributed by atoms with E-state index in [0.717, 1.165) is 25.1 Å². The molecule has 1 unspecified atom stereocenters. The molecular formula is C24H26N6O3. The van der Waals surface area contributed by atoms with Crippen molar-refractivity contribution in [2.24, 2.45) is 0 Å². The van der Waals surface area contributed by atoms with Gasteiger partial charge in [-0.3, -0.25) is 24.0 Å². The van der Waals surface area contributed by atoms with Gasteiger partial charge in [0.25, 0.3) is 11.1 Å². The number of hydrogen-bond acceptors (Lipinski definition) is 5. The van der Waals surface area contributed by atoms with E-state index in [1.807, 2.05) is 29.2 Å². The summed E-state index contributed by atoms with van der Waals surface area (Å²) in [5.74, 6) is 0.222. The smallest absolute Gasteiger partial charge is 0.272 e. The van der Waals surface area contributed by atoms with Crippen molar-refractivity contribution in [3.8, 4) is 0 Å². The van der Waals surface area contributed by atoms with Crippen LogP contribution in [0.15, 0.2) is 52.3 Å². The summed E-state index contributed by atoms with van der Waals surface area (Å²) in [4.78, 5) is 48.3. The second kappa shape index (κ2) is 8.65. The summed E-state index contributed by atoms with van der Waals surface area (Å²) in [5.41, 5.74) is 2.68. The maximum Gasteiger partial charge on any atom is 0.272 e. The number of fused-ring (bicyclic) bond motifs is 2. The van der Waals surface area contributed by atoms with Crippen LogP contribution in [-0.4, -0.2) is 48.0 Å². The monoisotopic (exact) mass is 446 g/mol. The van der Waals surface area contributed by atoms with Crippen LogP contribution >= 0.6 is 0 Å². The van der Waals surface area contributed by atoms with Crippen LogP contribution in [0.4, 0.5) is 0 Å². The highest BCUT2D eigenvalue weighted by Crippen LogP contribution is 2.27. The Bertz CT molecular complexity index is 1450. The maximum absolute atomic E-state index is 12.9. The minimum absolute atomic E-state index is 0.0796. The van der Waals surface area contributed by atoms with Crippen LogP contribution in [0.3, 0.4) is 0 Å². The highest BCUT2D eigenvalue weighted by Gasteiger charge is 2.26. The lowest BCUT2D eigenvalue weighted by molar-refractivity contribution is -0.132. The Morgan fingerprint density at radius 2 is 2.06 bits per heavy atom. The van der Waals surface area contributed by atoms with E-state index in [1.54, 1.807) is 23.9 Å². The molecule has 4 aromatic rings. The molecule has 0 radical (unpaired) electrons. The average Bonchev–Trinajstić information content (AvgIpc) is 3.25. The number of hydrogen-bond donors (Lipinski definition) is 1. The molecule has 0 saturated carbocycles. The summed E-state index contributed by atoms with van der Waals surface area (Å²) in [6.45, 7) is 3.59. The molecule has 33 heavy (non-hydrogen) atoms. The number of aromatic nitrogens is 5. The molecule has 0 spiro atoms. The fourth-order valence-electron chi connectivity index (χ4n) is 4.62. The Hall–Kier alpha value is -3.75. The van der Waals surface area contributed by atoms with Gasteiger partial charge in [0.05, 0.1) is 17.2 Å². The molecule has 0 bridgehead atoms. The van der Waals surface area contributed by atoms with Crippen LogP contribution in [0, 0.1) is 6.92 Å². The van der Waals surface area contributed by atoms with E-state index in [-0.39, 0.29) is 22.9 Å². The number of carbonyl (C=O) groups excluding carboxylic acids is 1. The first kappa shape index (κ1) is 21.1. The van der Waals surface area contributed by atoms with Gasteiger partial charge in [0, 0.05) is 55.5 Å². The van der Waals surface area contributed by atoms with Crippen molar-refractivity contribution < 1.29 is 4.79 Å². The van der Waals surface area contributed by atoms with Crippen LogP contribution in [0.2, 0.25) is 0 Å². The third-order valence-electron chi connectivity index (χ3n) is 6.33. The van der Waals surface area contributed by atoms with Crippen molar-refractivity contribution in [3.05, 3.63) is 74.8 Å². The fourth-order valence-corrected chi connectivity index (χ4v) is 4.62. The van der Waals surface area contributed by atoms with E-state index in [4.69, 9.17) is 0 Å². The number of nitrogens with one attached hydrogen (secondary N) is 1. The normalized spacial score (nSPS) is 16.5. The molecule has 1 fully saturated rings. The van der Waals surface area contributed by atoms with E-state index in [1.165, 1.54) is 10.6 Å². The number of carbonyl (C=O) groups is 1. The Kier molecular flexibility index (Phi) is 5.53. The summed E-state index contributed by atoms with van der Waals surface area (Å²) in [7, 11) is 0. The number of aryl methyl sites for hydroxylation is 2. The van der Waals surface area contributed by atoms with Crippen molar-refractivity contribution in [3.63, 3.8) is 0 Å². The van der Waals surface area contributed by atoms with Gasteiger partial charge < -0.3 is 4.90 Å². The van der Waals surface area contributed by atoms with Gasteiger partial charge in [-0.15, -0.1) is 0 Å². The molecule has 170 valence electrons. The van der Waals surface area contributed by atoms with Crippen molar-refractivity contribution in [1.82, 2.24) is 29.0 Å². The number of piperidine rings is 1. The molecule has 1 N–H and O–H groups in total. The van der Waals surface area contributed by atoms with Crippen LogP contribution in [0.5, 0.6) is 0 Å². The molecule has 3 aromatic heterocycles. The molecule has 1 saturated heterocycles. The predicted octanol–water partition coefficient (Wildman–Crippen LogP) is 2.23. The first-order valence-electron chi connectivity index (χ1n) is 11.3. The Balaban J connectivity index is 1.23. The van der Waals surface area contributed by atoms with Gasteiger partial charge in [0.15, 0.2) is 5.65 Å². The Morgan fingerprint density at radius 1 is 1.21 bits per heavy atom. The SMILES string of the molecule is Cc1cc(=O)n2[nH]c(C3CCCN(C(=O)CCCn4cnc5ccccc5c4=O)C3)cc2n1. The Morgan fingerprint density at radius 3 is 2.94 bits per heavy atom. The maximum atomic E-state index is 12.9. The fraction of sp³-hybridized carbons (Fsp3) is 0.375. The number of para-hydroxylation sites is 1. The van der Waals surface area contributed by atoms with Crippen molar-refractivity contribution in [2.75, 3.05) is 13.1 Å². The molecule has 4 heterocycles. The van der Waals surface area contributed by atoms with Crippen LogP contribution in [-0.2, 0) is 11.3 Å². The van der Waals surface area contributed by atoms with Crippen molar-refractivity contribution in [2.45, 2.75) is 45.1 Å². The summed E-state index contributed by atoms with van der Waals surface area (Å²) in [6.07, 6.45) is 4.35. The molecule has 1 amide bonds. The van der Waals surface area contributed by atoms with Gasteiger partial charge in [-0.2, -0.15) is 0 Å². The molecule has 1 atom stereocenters. The van der Waals surface area contributed by atoms with Crippen LogP contribution < -0.4 is 11.1 Å². The first-order chi connectivity index (χ1) is 16.0. The number of aromatic amines is 1. The van der Waals surface area contributed by atoms with Crippen LogP contribution in [0.1, 0.15) is 43.0 Å². The van der Waals surface area contributed by atoms with E-state index in [9.17, 15) is 14.4 Å². The minimum Gasteiger partial charge on any atom is -0.342 e. The van der Waals surface area contributed by atoms with Gasteiger partial charge in [0.2, 0.25) is 5.91 Å². The summed E-state index contributed by atoms with van der Waals surface area (Å²) in [5, 5.41) is 3.75. The average molecular weight is 447 g/mol. The zero-order valence-corrected chi connectivity index (χ0v) is 18.5. The van der Waals surface area contributed by atoms with Gasteiger partial charge in [-0.25, -0.2) is 14.5 Å². The zero-order valence-electron chi connectivity index (χ0n) is 18.5. The molecule has 1 aliphatic heterocycles. The van der Waals surface area contributed by atoms with Gasteiger partial charge in [-0.1, -0.05) is 12.1 Å². The molecule has 1 aromatic carbocycles. The predicted molar refractivity (Wildman–Crippen MR) is 124 cm³/mol. The second-order valence-electron chi connectivity index (χ2n) is 8.68. The van der Waals surface area contributed by atoms with Gasteiger partial charge in [0.1, 0.15) is 0 Å². The molecule has 9 heteroatoms. The lowest BCUT2D eigenvalue weighted by Crippen LogP contribution is -2.39. The minimum atomic E-state index is -0.133. The third kappa shape index (κ3) is 4.18. The van der Waals surface area contributed by atoms with E-state index in [0.29, 0.717) is 48.2 Å². The second-order valence-corrected chi connectivity index (χ2v) is 8.68. The van der Waals surface area contributed by atoms with E-state index >= 15 is 0 Å². The highest BCUT2D eigenvalue weighted by molar-refractivity contribution is 5.77. The van der Waals surface area contributed by atoms with Gasteiger partial charge >= 0.3 is 0 Å². The summed E-state index contributed by atoms with van der Waals surface area (Å²) in [6, 6.07) is 10.7. The molecule has 0 aliphatic carbocycles. The topological polar surface area (TPSA) is 105 Å². The van der Waals surface area contributed by atoms with E-state index in [2.05, 4.69) is 15.1 Å². The van der Waals surface area contributed by atoms with Crippen molar-refractivity contribution in [1.29, 1.82) is 0 Å². The zero-order chi connectivity index (χ0) is 22.9. The largest absolute Gasteiger partial charge is 0.342 e. The number of H-pyrrole nitrogens is 1. The number of amides is 1. The molecule has 5 rings (SSSR count). The number of rotatable bonds is 5. The number of benzene rings is 1. The molecule has 1 aliphatic rings. The molecule has 9 nitrogen and oxygen atoms in total. The first-order valence-corrected chi connectivity index (χ1v) is 11.3. The molecular weight excluding hydrogens is 420 g/mol. The lowest BCUT2D eigenvalue weighted by atomic mass is 9.94. The summed E-state index contributed by atoms with van der Waals surface area (Å²) >= 11 is 0.